The highest BCUT2D eigenvalue weighted by molar-refractivity contribution is 7.14. The van der Waals surface area contributed by atoms with E-state index in [1.165, 1.54) is 22.7 Å². The Balaban J connectivity index is 1.40. The average Bonchev–Trinajstić information content (AvgIpc) is 3.37. The van der Waals surface area contributed by atoms with Crippen molar-refractivity contribution < 1.29 is 9.21 Å². The van der Waals surface area contributed by atoms with E-state index in [-0.39, 0.29) is 12.3 Å². The molecular formula is C18H14N4O2S2. The Bertz CT molecular complexity index is 1040. The van der Waals surface area contributed by atoms with Gasteiger partial charge in [0.25, 0.3) is 0 Å². The Morgan fingerprint density at radius 2 is 2.04 bits per heavy atom. The number of hydrogen-bond acceptors (Lipinski definition) is 7. The van der Waals surface area contributed by atoms with Crippen LogP contribution in [0.4, 0.5) is 5.13 Å². The highest BCUT2D eigenvalue weighted by Crippen LogP contribution is 2.26. The normalized spacial score (nSPS) is 10.8. The highest BCUT2D eigenvalue weighted by atomic mass is 32.1. The average molecular weight is 382 g/mol. The molecule has 0 aliphatic carbocycles. The first kappa shape index (κ1) is 16.6. The van der Waals surface area contributed by atoms with Crippen LogP contribution in [-0.2, 0) is 11.2 Å². The highest BCUT2D eigenvalue weighted by Gasteiger charge is 2.13. The number of nitrogens with one attached hydrogen (secondary N) is 1. The summed E-state index contributed by atoms with van der Waals surface area (Å²) in [5.74, 6) is 1.40. The topological polar surface area (TPSA) is 80.9 Å². The minimum absolute atomic E-state index is 0.153. The van der Waals surface area contributed by atoms with Crippen molar-refractivity contribution in [2.45, 2.75) is 13.3 Å². The summed E-state index contributed by atoms with van der Waals surface area (Å²) in [6.07, 6.45) is 1.90. The van der Waals surface area contributed by atoms with Crippen LogP contribution in [0.15, 0.2) is 51.7 Å². The number of pyridine rings is 1. The van der Waals surface area contributed by atoms with Crippen LogP contribution < -0.4 is 5.32 Å². The lowest BCUT2D eigenvalue weighted by molar-refractivity contribution is -0.115. The summed E-state index contributed by atoms with van der Waals surface area (Å²) in [5, 5.41) is 7.88. The fourth-order valence-electron chi connectivity index (χ4n) is 2.34. The second kappa shape index (κ2) is 7.19. The van der Waals surface area contributed by atoms with E-state index in [0.29, 0.717) is 10.8 Å². The Kier molecular flexibility index (Phi) is 4.59. The van der Waals surface area contributed by atoms with Crippen LogP contribution in [0.1, 0.15) is 11.5 Å². The van der Waals surface area contributed by atoms with Gasteiger partial charge in [0.1, 0.15) is 11.5 Å². The lowest BCUT2D eigenvalue weighted by Crippen LogP contribution is -2.14. The smallest absolute Gasteiger partial charge is 0.232 e. The number of aromatic nitrogens is 3. The number of carbonyl (C=O) groups is 1. The molecule has 0 aromatic carbocycles. The first-order valence-electron chi connectivity index (χ1n) is 7.85. The summed E-state index contributed by atoms with van der Waals surface area (Å²) < 4.78 is 5.56. The molecule has 4 aromatic rings. The molecule has 0 saturated carbocycles. The maximum absolute atomic E-state index is 12.3. The van der Waals surface area contributed by atoms with Gasteiger partial charge < -0.3 is 9.73 Å². The van der Waals surface area contributed by atoms with Crippen molar-refractivity contribution in [1.82, 2.24) is 15.0 Å². The van der Waals surface area contributed by atoms with Crippen LogP contribution in [0.5, 0.6) is 0 Å². The van der Waals surface area contributed by atoms with E-state index in [0.717, 1.165) is 27.9 Å². The molecule has 0 aliphatic rings. The zero-order valence-corrected chi connectivity index (χ0v) is 15.4. The minimum atomic E-state index is -0.153. The van der Waals surface area contributed by atoms with Crippen molar-refractivity contribution in [3.63, 3.8) is 0 Å². The van der Waals surface area contributed by atoms with E-state index in [1.54, 1.807) is 6.20 Å². The van der Waals surface area contributed by atoms with Crippen molar-refractivity contribution in [3.05, 3.63) is 58.7 Å². The Labute approximate surface area is 157 Å². The Morgan fingerprint density at radius 1 is 1.12 bits per heavy atom. The first-order chi connectivity index (χ1) is 12.7. The van der Waals surface area contributed by atoms with Crippen molar-refractivity contribution in [2.24, 2.45) is 0 Å². The largest absolute Gasteiger partial charge is 0.459 e. The molecule has 130 valence electrons. The van der Waals surface area contributed by atoms with Gasteiger partial charge in [-0.1, -0.05) is 6.07 Å². The summed E-state index contributed by atoms with van der Waals surface area (Å²) in [6.45, 7) is 1.89. The van der Waals surface area contributed by atoms with Gasteiger partial charge in [-0.25, -0.2) is 9.97 Å². The number of aryl methyl sites for hydroxylation is 1. The molecule has 0 bridgehead atoms. The van der Waals surface area contributed by atoms with Gasteiger partial charge in [-0.3, -0.25) is 9.78 Å². The summed E-state index contributed by atoms with van der Waals surface area (Å²) in [4.78, 5) is 25.4. The molecule has 1 amide bonds. The third-order valence-electron chi connectivity index (χ3n) is 3.52. The predicted octanol–water partition coefficient (Wildman–Crippen LogP) is 4.41. The van der Waals surface area contributed by atoms with Crippen LogP contribution in [-0.4, -0.2) is 20.9 Å². The number of thiazole rings is 2. The number of furan rings is 1. The van der Waals surface area contributed by atoms with E-state index >= 15 is 0 Å². The summed E-state index contributed by atoms with van der Waals surface area (Å²) in [6, 6.07) is 9.41. The SMILES string of the molecule is Cc1ccc(-c2nc(CC(=O)Nc3nc(-c4ccccn4)cs3)cs2)o1. The lowest BCUT2D eigenvalue weighted by Gasteiger charge is -1.99. The number of rotatable bonds is 5. The second-order valence-corrected chi connectivity index (χ2v) is 7.25. The molecule has 0 atom stereocenters. The van der Waals surface area contributed by atoms with Gasteiger partial charge in [-0.15, -0.1) is 22.7 Å². The molecular weight excluding hydrogens is 368 g/mol. The summed E-state index contributed by atoms with van der Waals surface area (Å²) >= 11 is 2.83. The van der Waals surface area contributed by atoms with E-state index in [1.807, 2.05) is 48.0 Å². The van der Waals surface area contributed by atoms with Crippen molar-refractivity contribution in [3.8, 4) is 22.2 Å². The fourth-order valence-corrected chi connectivity index (χ4v) is 3.84. The number of carbonyl (C=O) groups excluding carboxylic acids is 1. The van der Waals surface area contributed by atoms with Crippen molar-refractivity contribution >= 4 is 33.7 Å². The maximum atomic E-state index is 12.3. The van der Waals surface area contributed by atoms with Gasteiger partial charge in [-0.2, -0.15) is 0 Å². The molecule has 0 fully saturated rings. The molecule has 0 radical (unpaired) electrons. The monoisotopic (exact) mass is 382 g/mol. The molecule has 0 aliphatic heterocycles. The van der Waals surface area contributed by atoms with Gasteiger partial charge in [0.15, 0.2) is 15.9 Å². The van der Waals surface area contributed by atoms with Crippen LogP contribution in [0.25, 0.3) is 22.2 Å². The van der Waals surface area contributed by atoms with Crippen LogP contribution >= 0.6 is 22.7 Å². The van der Waals surface area contributed by atoms with Crippen molar-refractivity contribution in [2.75, 3.05) is 5.32 Å². The quantitative estimate of drug-likeness (QED) is 0.553. The minimum Gasteiger partial charge on any atom is -0.459 e. The molecule has 8 heteroatoms. The third-order valence-corrected chi connectivity index (χ3v) is 5.19. The predicted molar refractivity (Wildman–Crippen MR) is 102 cm³/mol. The van der Waals surface area contributed by atoms with E-state index in [2.05, 4.69) is 20.3 Å². The zero-order valence-electron chi connectivity index (χ0n) is 13.8. The van der Waals surface area contributed by atoms with Gasteiger partial charge in [-0.05, 0) is 31.2 Å². The maximum Gasteiger partial charge on any atom is 0.232 e. The van der Waals surface area contributed by atoms with Crippen LogP contribution in [0.3, 0.4) is 0 Å². The van der Waals surface area contributed by atoms with Crippen LogP contribution in [0.2, 0.25) is 0 Å². The first-order valence-corrected chi connectivity index (χ1v) is 9.61. The van der Waals surface area contributed by atoms with Gasteiger partial charge in [0, 0.05) is 17.0 Å². The molecule has 4 aromatic heterocycles. The molecule has 6 nitrogen and oxygen atoms in total. The molecule has 4 rings (SSSR count). The molecule has 1 N–H and O–H groups in total. The molecule has 0 spiro atoms. The van der Waals surface area contributed by atoms with Crippen LogP contribution in [0, 0.1) is 6.92 Å². The van der Waals surface area contributed by atoms with Gasteiger partial charge >= 0.3 is 0 Å². The number of nitrogens with zero attached hydrogens (tertiary/aromatic N) is 3. The molecule has 4 heterocycles. The number of hydrogen-bond donors (Lipinski definition) is 1. The third kappa shape index (κ3) is 3.71. The molecule has 26 heavy (non-hydrogen) atoms. The van der Waals surface area contributed by atoms with E-state index < -0.39 is 0 Å². The Morgan fingerprint density at radius 3 is 2.81 bits per heavy atom. The number of anilines is 1. The molecule has 0 saturated heterocycles. The summed E-state index contributed by atoms with van der Waals surface area (Å²) in [5.41, 5.74) is 2.23. The fraction of sp³-hybridized carbons (Fsp3) is 0.111. The van der Waals surface area contributed by atoms with E-state index in [4.69, 9.17) is 4.42 Å². The molecule has 0 unspecified atom stereocenters. The standard InChI is InChI=1S/C18H14N4O2S2/c1-11-5-6-15(24-11)17-20-12(9-25-17)8-16(23)22-18-21-14(10-26-18)13-4-2-3-7-19-13/h2-7,9-10H,8H2,1H3,(H,21,22,23). The van der Waals surface area contributed by atoms with Gasteiger partial charge in [0.05, 0.1) is 17.8 Å². The lowest BCUT2D eigenvalue weighted by atomic mass is 10.3. The second-order valence-electron chi connectivity index (χ2n) is 5.53. The Hall–Kier alpha value is -2.84. The van der Waals surface area contributed by atoms with Gasteiger partial charge in [0.2, 0.25) is 5.91 Å². The summed E-state index contributed by atoms with van der Waals surface area (Å²) in [7, 11) is 0. The number of amides is 1. The van der Waals surface area contributed by atoms with Crippen molar-refractivity contribution in [1.29, 1.82) is 0 Å². The zero-order chi connectivity index (χ0) is 17.9. The van der Waals surface area contributed by atoms with E-state index in [9.17, 15) is 4.79 Å².